The lowest BCUT2D eigenvalue weighted by Gasteiger charge is -2.08. The molecule has 3 rings (SSSR count). The Morgan fingerprint density at radius 2 is 2.07 bits per heavy atom. The topological polar surface area (TPSA) is 64.4 Å². The van der Waals surface area contributed by atoms with Gasteiger partial charge in [0.15, 0.2) is 11.7 Å². The molecule has 0 aliphatic rings. The summed E-state index contributed by atoms with van der Waals surface area (Å²) in [6.45, 7) is 2.80. The summed E-state index contributed by atoms with van der Waals surface area (Å²) in [6, 6.07) is 14.1. The molecule has 1 amide bonds. The molecule has 6 heteroatoms. The predicted molar refractivity (Wildman–Crippen MR) is 99.9 cm³/mol. The first-order valence-electron chi connectivity index (χ1n) is 8.77. The number of carbonyl (C=O) groups is 1. The number of halogens is 1. The number of benzene rings is 2. The average molecular weight is 368 g/mol. The van der Waals surface area contributed by atoms with Crippen molar-refractivity contribution < 1.29 is 18.3 Å². The minimum Gasteiger partial charge on any atom is -0.492 e. The minimum atomic E-state index is -0.369. The molecule has 0 aliphatic carbocycles. The van der Waals surface area contributed by atoms with Crippen molar-refractivity contribution in [2.45, 2.75) is 19.8 Å². The Balaban J connectivity index is 1.40. The fourth-order valence-corrected chi connectivity index (χ4v) is 2.58. The van der Waals surface area contributed by atoms with Gasteiger partial charge in [-0.05, 0) is 36.8 Å². The molecule has 0 radical (unpaired) electrons. The first-order valence-corrected chi connectivity index (χ1v) is 8.77. The van der Waals surface area contributed by atoms with E-state index in [0.717, 1.165) is 11.3 Å². The lowest BCUT2D eigenvalue weighted by atomic mass is 10.2. The van der Waals surface area contributed by atoms with Crippen LogP contribution in [-0.2, 0) is 11.2 Å². The van der Waals surface area contributed by atoms with Crippen molar-refractivity contribution in [3.8, 4) is 17.1 Å². The molecule has 0 fully saturated rings. The zero-order chi connectivity index (χ0) is 19.1. The molecule has 0 unspecified atom stereocenters. The van der Waals surface area contributed by atoms with Crippen LogP contribution in [0.1, 0.15) is 17.9 Å². The van der Waals surface area contributed by atoms with E-state index in [1.54, 1.807) is 18.2 Å². The molecule has 27 heavy (non-hydrogen) atoms. The highest BCUT2D eigenvalue weighted by molar-refractivity contribution is 5.76. The van der Waals surface area contributed by atoms with Crippen molar-refractivity contribution in [2.24, 2.45) is 0 Å². The highest BCUT2D eigenvalue weighted by Crippen LogP contribution is 2.23. The molecular formula is C21H21FN2O3. The van der Waals surface area contributed by atoms with Gasteiger partial charge in [-0.3, -0.25) is 4.79 Å². The van der Waals surface area contributed by atoms with Crippen LogP contribution < -0.4 is 10.1 Å². The van der Waals surface area contributed by atoms with Gasteiger partial charge in [-0.25, -0.2) is 9.37 Å². The first-order chi connectivity index (χ1) is 13.1. The quantitative estimate of drug-likeness (QED) is 0.612. The van der Waals surface area contributed by atoms with Gasteiger partial charge < -0.3 is 14.5 Å². The molecule has 2 aromatic carbocycles. The maximum Gasteiger partial charge on any atom is 0.220 e. The van der Waals surface area contributed by atoms with Crippen LogP contribution in [0, 0.1) is 12.7 Å². The number of amides is 1. The van der Waals surface area contributed by atoms with Crippen LogP contribution in [0.25, 0.3) is 11.3 Å². The first kappa shape index (κ1) is 18.6. The Kier molecular flexibility index (Phi) is 6.20. The SMILES string of the molecule is Cc1cccc(OCCNC(=O)CCc2ncc(-c3ccccc3F)o2)c1. The molecule has 0 aliphatic heterocycles. The summed E-state index contributed by atoms with van der Waals surface area (Å²) < 4.78 is 24.9. The van der Waals surface area contributed by atoms with Gasteiger partial charge in [0, 0.05) is 12.8 Å². The molecular weight excluding hydrogens is 347 g/mol. The Hall–Kier alpha value is -3.15. The summed E-state index contributed by atoms with van der Waals surface area (Å²) in [4.78, 5) is 16.0. The highest BCUT2D eigenvalue weighted by atomic mass is 19.1. The van der Waals surface area contributed by atoms with Gasteiger partial charge in [0.1, 0.15) is 18.2 Å². The van der Waals surface area contributed by atoms with E-state index in [2.05, 4.69) is 10.3 Å². The van der Waals surface area contributed by atoms with Crippen LogP contribution in [0.3, 0.4) is 0 Å². The van der Waals surface area contributed by atoms with Gasteiger partial charge in [0.2, 0.25) is 5.91 Å². The largest absolute Gasteiger partial charge is 0.492 e. The van der Waals surface area contributed by atoms with Gasteiger partial charge in [0.05, 0.1) is 18.3 Å². The number of oxazole rings is 1. The van der Waals surface area contributed by atoms with E-state index in [9.17, 15) is 9.18 Å². The highest BCUT2D eigenvalue weighted by Gasteiger charge is 2.11. The molecule has 0 atom stereocenters. The maximum atomic E-state index is 13.8. The zero-order valence-electron chi connectivity index (χ0n) is 15.1. The fourth-order valence-electron chi connectivity index (χ4n) is 2.58. The second-order valence-electron chi connectivity index (χ2n) is 6.11. The predicted octanol–water partition coefficient (Wildman–Crippen LogP) is 3.92. The van der Waals surface area contributed by atoms with Crippen molar-refractivity contribution >= 4 is 5.91 Å². The van der Waals surface area contributed by atoms with Gasteiger partial charge in [-0.2, -0.15) is 0 Å². The third kappa shape index (κ3) is 5.41. The van der Waals surface area contributed by atoms with E-state index >= 15 is 0 Å². The second kappa shape index (κ2) is 8.98. The summed E-state index contributed by atoms with van der Waals surface area (Å²) in [7, 11) is 0. The number of carbonyl (C=O) groups excluding carboxylic acids is 1. The van der Waals surface area contributed by atoms with Crippen molar-refractivity contribution in [1.82, 2.24) is 10.3 Å². The van der Waals surface area contributed by atoms with E-state index in [-0.39, 0.29) is 18.1 Å². The number of nitrogens with zero attached hydrogens (tertiary/aromatic N) is 1. The standard InChI is InChI=1S/C21H21FN2O3/c1-15-5-4-6-16(13-15)26-12-11-23-20(25)9-10-21-24-14-19(27-21)17-7-2-3-8-18(17)22/h2-8,13-14H,9-12H2,1H3,(H,23,25). The number of aromatic nitrogens is 1. The van der Waals surface area contributed by atoms with Crippen LogP contribution in [0.5, 0.6) is 5.75 Å². The van der Waals surface area contributed by atoms with E-state index in [4.69, 9.17) is 9.15 Å². The summed E-state index contributed by atoms with van der Waals surface area (Å²) >= 11 is 0. The van der Waals surface area contributed by atoms with Gasteiger partial charge in [-0.15, -0.1) is 0 Å². The lowest BCUT2D eigenvalue weighted by Crippen LogP contribution is -2.28. The molecule has 140 valence electrons. The van der Waals surface area contributed by atoms with Crippen molar-refractivity contribution in [1.29, 1.82) is 0 Å². The molecule has 0 bridgehead atoms. The molecule has 5 nitrogen and oxygen atoms in total. The van der Waals surface area contributed by atoms with Crippen molar-refractivity contribution in [2.75, 3.05) is 13.2 Å². The monoisotopic (exact) mass is 368 g/mol. The normalized spacial score (nSPS) is 10.6. The average Bonchev–Trinajstić information content (AvgIpc) is 3.13. The van der Waals surface area contributed by atoms with Crippen LogP contribution in [0.15, 0.2) is 59.1 Å². The Labute approximate surface area is 157 Å². The van der Waals surface area contributed by atoms with Gasteiger partial charge >= 0.3 is 0 Å². The summed E-state index contributed by atoms with van der Waals surface area (Å²) in [5.41, 5.74) is 1.48. The third-order valence-electron chi connectivity index (χ3n) is 3.94. The van der Waals surface area contributed by atoms with Crippen LogP contribution in [0.2, 0.25) is 0 Å². The number of hydrogen-bond donors (Lipinski definition) is 1. The fraction of sp³-hybridized carbons (Fsp3) is 0.238. The van der Waals surface area contributed by atoms with E-state index < -0.39 is 0 Å². The van der Waals surface area contributed by atoms with E-state index in [1.807, 2.05) is 31.2 Å². The molecule has 0 saturated heterocycles. The molecule has 1 aromatic heterocycles. The van der Waals surface area contributed by atoms with Crippen LogP contribution >= 0.6 is 0 Å². The second-order valence-corrected chi connectivity index (χ2v) is 6.11. The van der Waals surface area contributed by atoms with E-state index in [0.29, 0.717) is 36.8 Å². The van der Waals surface area contributed by atoms with Crippen LogP contribution in [-0.4, -0.2) is 24.0 Å². The van der Waals surface area contributed by atoms with Gasteiger partial charge in [0.25, 0.3) is 0 Å². The van der Waals surface area contributed by atoms with Crippen molar-refractivity contribution in [3.05, 3.63) is 72.0 Å². The van der Waals surface area contributed by atoms with Gasteiger partial charge in [-0.1, -0.05) is 24.3 Å². The van der Waals surface area contributed by atoms with Crippen LogP contribution in [0.4, 0.5) is 4.39 Å². The maximum absolute atomic E-state index is 13.8. The molecule has 1 N–H and O–H groups in total. The molecule has 0 spiro atoms. The molecule has 3 aromatic rings. The molecule has 0 saturated carbocycles. The molecule has 1 heterocycles. The Morgan fingerprint density at radius 1 is 1.22 bits per heavy atom. The number of rotatable bonds is 8. The number of ether oxygens (including phenoxy) is 1. The zero-order valence-corrected chi connectivity index (χ0v) is 15.1. The van der Waals surface area contributed by atoms with Crippen molar-refractivity contribution in [3.63, 3.8) is 0 Å². The summed E-state index contributed by atoms with van der Waals surface area (Å²) in [5, 5.41) is 2.79. The lowest BCUT2D eigenvalue weighted by molar-refractivity contribution is -0.121. The number of aryl methyl sites for hydroxylation is 2. The summed E-state index contributed by atoms with van der Waals surface area (Å²) in [5.74, 6) is 1.05. The number of nitrogens with one attached hydrogen (secondary N) is 1. The number of hydrogen-bond acceptors (Lipinski definition) is 4. The summed E-state index contributed by atoms with van der Waals surface area (Å²) in [6.07, 6.45) is 2.06. The minimum absolute atomic E-state index is 0.117. The third-order valence-corrected chi connectivity index (χ3v) is 3.94. The Morgan fingerprint density at radius 3 is 2.89 bits per heavy atom. The van der Waals surface area contributed by atoms with E-state index in [1.165, 1.54) is 12.3 Å². The smallest absolute Gasteiger partial charge is 0.220 e. The Bertz CT molecular complexity index is 908.